The minimum Gasteiger partial charge on any atom is -0.508 e. The van der Waals surface area contributed by atoms with E-state index in [0.29, 0.717) is 5.56 Å². The quantitative estimate of drug-likeness (QED) is 0.331. The molecule has 1 aromatic carbocycles. The number of nitrogens with zero attached hydrogens (tertiary/aromatic N) is 4. The maximum Gasteiger partial charge on any atom is 0.240 e. The molecule has 4 atom stereocenters. The number of carbonyl (C=O) groups excluding carboxylic acids is 1. The van der Waals surface area contributed by atoms with Crippen LogP contribution in [0, 0.1) is 0 Å². The first kappa shape index (κ1) is 19.9. The third-order valence-electron chi connectivity index (χ3n) is 5.01. The van der Waals surface area contributed by atoms with Gasteiger partial charge in [0, 0.05) is 0 Å². The van der Waals surface area contributed by atoms with E-state index >= 15 is 0 Å². The van der Waals surface area contributed by atoms with Crippen LogP contribution in [0.2, 0.25) is 0 Å². The maximum atomic E-state index is 13.3. The number of aliphatic hydroxyl groups excluding tert-OH is 3. The molecular weight excluding hydrogens is 394 g/mol. The summed E-state index contributed by atoms with van der Waals surface area (Å²) in [6.07, 6.45) is 0.499. The number of hydrogen-bond donors (Lipinski definition) is 5. The van der Waals surface area contributed by atoms with Crippen molar-refractivity contribution >= 4 is 28.8 Å². The molecule has 0 aliphatic carbocycles. The fraction of sp³-hybridized carbons (Fsp3) is 0.263. The van der Waals surface area contributed by atoms with Gasteiger partial charge in [-0.05, 0) is 23.8 Å². The molecule has 1 aliphatic heterocycles. The first-order valence-corrected chi connectivity index (χ1v) is 8.99. The average molecular weight is 413 g/mol. The molecule has 11 heteroatoms. The van der Waals surface area contributed by atoms with Gasteiger partial charge < -0.3 is 30.9 Å². The topological polar surface area (TPSA) is 177 Å². The Kier molecular flexibility index (Phi) is 4.95. The van der Waals surface area contributed by atoms with E-state index in [1.54, 1.807) is 12.1 Å². The second-order valence-corrected chi connectivity index (χ2v) is 6.81. The van der Waals surface area contributed by atoms with Gasteiger partial charge in [0.1, 0.15) is 42.2 Å². The second-order valence-electron chi connectivity index (χ2n) is 6.81. The van der Waals surface area contributed by atoms with Gasteiger partial charge in [0.2, 0.25) is 11.5 Å². The molecule has 0 bridgehead atoms. The lowest BCUT2D eigenvalue weighted by Crippen LogP contribution is -2.51. The van der Waals surface area contributed by atoms with Crippen LogP contribution in [-0.4, -0.2) is 70.6 Å². The highest BCUT2D eigenvalue weighted by atomic mass is 16.6. The summed E-state index contributed by atoms with van der Waals surface area (Å²) in [6, 6.07) is 6.08. The molecule has 0 amide bonds. The van der Waals surface area contributed by atoms with Gasteiger partial charge in [-0.2, -0.15) is 0 Å². The van der Waals surface area contributed by atoms with Crippen molar-refractivity contribution in [2.24, 2.45) is 0 Å². The highest BCUT2D eigenvalue weighted by molar-refractivity contribution is 6.00. The number of phenolic OH excluding ortho intramolecular Hbond substituents is 1. The molecule has 3 heterocycles. The molecule has 0 spiro atoms. The predicted octanol–water partition coefficient (Wildman–Crippen LogP) is -0.838. The predicted molar refractivity (Wildman–Crippen MR) is 104 cm³/mol. The number of aromatic hydroxyl groups is 1. The number of aliphatic hydroxyl groups is 3. The van der Waals surface area contributed by atoms with E-state index in [1.807, 2.05) is 0 Å². The Balaban J connectivity index is 1.83. The summed E-state index contributed by atoms with van der Waals surface area (Å²) in [4.78, 5) is 25.3. The minimum absolute atomic E-state index is 0.0627. The van der Waals surface area contributed by atoms with Crippen molar-refractivity contribution in [2.75, 3.05) is 12.3 Å². The van der Waals surface area contributed by atoms with Gasteiger partial charge in [-0.3, -0.25) is 9.36 Å². The molecule has 11 nitrogen and oxygen atoms in total. The number of carbonyl (C=O) groups is 1. The Bertz CT molecular complexity index is 1110. The molecule has 2 aromatic heterocycles. The minimum atomic E-state index is -2.14. The van der Waals surface area contributed by atoms with E-state index < -0.39 is 36.4 Å². The van der Waals surface area contributed by atoms with E-state index in [1.165, 1.54) is 41.5 Å². The van der Waals surface area contributed by atoms with Gasteiger partial charge in [0.05, 0.1) is 6.61 Å². The highest BCUT2D eigenvalue weighted by Gasteiger charge is 2.60. The summed E-state index contributed by atoms with van der Waals surface area (Å²) in [5, 5.41) is 40.1. The van der Waals surface area contributed by atoms with Gasteiger partial charge in [-0.1, -0.05) is 18.2 Å². The number of hydrogen-bond acceptors (Lipinski definition) is 10. The number of anilines is 1. The van der Waals surface area contributed by atoms with Crippen molar-refractivity contribution in [3.8, 4) is 5.75 Å². The van der Waals surface area contributed by atoms with E-state index in [-0.39, 0.29) is 22.7 Å². The first-order valence-electron chi connectivity index (χ1n) is 8.99. The average Bonchev–Trinajstić information content (AvgIpc) is 3.29. The zero-order valence-corrected chi connectivity index (χ0v) is 15.5. The van der Waals surface area contributed by atoms with E-state index in [0.717, 1.165) is 0 Å². The summed E-state index contributed by atoms with van der Waals surface area (Å²) in [6.45, 7) is -0.626. The van der Waals surface area contributed by atoms with Crippen LogP contribution in [0.3, 0.4) is 0 Å². The molecule has 0 unspecified atom stereocenters. The van der Waals surface area contributed by atoms with Crippen molar-refractivity contribution in [3.05, 3.63) is 48.6 Å². The molecule has 1 saturated heterocycles. The summed E-state index contributed by atoms with van der Waals surface area (Å²) in [7, 11) is 0. The molecule has 1 aliphatic rings. The molecule has 3 aromatic rings. The van der Waals surface area contributed by atoms with E-state index in [2.05, 4.69) is 15.0 Å². The number of fused-ring (bicyclic) bond motifs is 1. The van der Waals surface area contributed by atoms with Crippen molar-refractivity contribution < 1.29 is 30.0 Å². The lowest BCUT2D eigenvalue weighted by Gasteiger charge is -2.31. The van der Waals surface area contributed by atoms with Crippen LogP contribution in [0.1, 0.15) is 5.56 Å². The van der Waals surface area contributed by atoms with Crippen molar-refractivity contribution in [1.29, 1.82) is 0 Å². The zero-order chi connectivity index (χ0) is 21.5. The van der Waals surface area contributed by atoms with Gasteiger partial charge >= 0.3 is 0 Å². The van der Waals surface area contributed by atoms with Crippen LogP contribution in [0.4, 0.5) is 5.82 Å². The third kappa shape index (κ3) is 3.00. The van der Waals surface area contributed by atoms with Crippen molar-refractivity contribution in [1.82, 2.24) is 19.5 Å². The summed E-state index contributed by atoms with van der Waals surface area (Å²) in [5.74, 6) is -0.595. The van der Waals surface area contributed by atoms with Gasteiger partial charge in [0.25, 0.3) is 0 Å². The number of ether oxygens (including phenoxy) is 1. The molecule has 4 rings (SSSR count). The number of nitrogen functional groups attached to an aromatic ring is 1. The summed E-state index contributed by atoms with van der Waals surface area (Å²) < 4.78 is 6.89. The number of ketones is 1. The Morgan fingerprint density at radius 2 is 1.97 bits per heavy atom. The second kappa shape index (κ2) is 7.46. The molecule has 0 radical (unpaired) electrons. The zero-order valence-electron chi connectivity index (χ0n) is 15.5. The number of nitrogens with two attached hydrogens (primary N) is 1. The Morgan fingerprint density at radius 1 is 1.23 bits per heavy atom. The van der Waals surface area contributed by atoms with Crippen LogP contribution in [-0.2, 0) is 15.3 Å². The Morgan fingerprint density at radius 3 is 2.63 bits per heavy atom. The largest absolute Gasteiger partial charge is 0.508 e. The van der Waals surface area contributed by atoms with Crippen LogP contribution in [0.15, 0.2) is 43.0 Å². The fourth-order valence-electron chi connectivity index (χ4n) is 3.44. The van der Waals surface area contributed by atoms with E-state index in [9.17, 15) is 25.2 Å². The molecule has 0 saturated carbocycles. The van der Waals surface area contributed by atoms with Gasteiger partial charge in [0.15, 0.2) is 11.5 Å². The van der Waals surface area contributed by atoms with Crippen molar-refractivity contribution in [3.63, 3.8) is 0 Å². The third-order valence-corrected chi connectivity index (χ3v) is 5.01. The first-order chi connectivity index (χ1) is 14.4. The molecule has 30 heavy (non-hydrogen) atoms. The molecule has 1 fully saturated rings. The normalized spacial score (nSPS) is 26.6. The maximum absolute atomic E-state index is 13.3. The number of aromatic nitrogens is 4. The standard InChI is InChI=1S/C19H19N5O6/c20-17-14-18(22-8-21-17)24(9-23-14)19(16(29)15(28)12(7-25)30-19)13(27)6-3-10-1-4-11(26)5-2-10/h1-6,8-9,12,15-16,25-26,28-29H,7H2,(H2,20,21,22)/b6-3+/t12-,15-,16-,19-/m1/s1. The van der Waals surface area contributed by atoms with Crippen LogP contribution < -0.4 is 5.73 Å². The number of rotatable bonds is 5. The SMILES string of the molecule is Nc1ncnc2c1ncn2[C@]1(C(=O)/C=C/c2ccc(O)cc2)O[C@H](CO)[C@@H](O)[C@H]1O. The Hall–Kier alpha value is -3.38. The van der Waals surface area contributed by atoms with E-state index in [4.69, 9.17) is 10.5 Å². The summed E-state index contributed by atoms with van der Waals surface area (Å²) >= 11 is 0. The van der Waals surface area contributed by atoms with Crippen LogP contribution in [0.5, 0.6) is 5.75 Å². The number of benzene rings is 1. The molecular formula is C19H19N5O6. The van der Waals surface area contributed by atoms with Gasteiger partial charge in [-0.15, -0.1) is 0 Å². The van der Waals surface area contributed by atoms with Crippen molar-refractivity contribution in [2.45, 2.75) is 24.0 Å². The number of phenols is 1. The number of imidazole rings is 1. The summed E-state index contributed by atoms with van der Waals surface area (Å²) in [5.41, 5.74) is 4.56. The van der Waals surface area contributed by atoms with Crippen LogP contribution in [0.25, 0.3) is 17.2 Å². The Labute approximate surface area is 169 Å². The molecule has 156 valence electrons. The van der Waals surface area contributed by atoms with Crippen LogP contribution >= 0.6 is 0 Å². The van der Waals surface area contributed by atoms with Gasteiger partial charge in [-0.25, -0.2) is 15.0 Å². The molecule has 6 N–H and O–H groups in total. The fourth-order valence-corrected chi connectivity index (χ4v) is 3.44. The smallest absolute Gasteiger partial charge is 0.240 e. The lowest BCUT2D eigenvalue weighted by molar-refractivity contribution is -0.168. The monoisotopic (exact) mass is 413 g/mol. The highest BCUT2D eigenvalue weighted by Crippen LogP contribution is 2.39. The lowest BCUT2D eigenvalue weighted by atomic mass is 9.97.